The molecule has 0 aliphatic carbocycles. The molecule has 1 aromatic heterocycles. The van der Waals surface area contributed by atoms with Crippen LogP contribution in [0.5, 0.6) is 0 Å². The van der Waals surface area contributed by atoms with E-state index < -0.39 is 5.60 Å². The normalized spacial score (nSPS) is 11.3. The van der Waals surface area contributed by atoms with Crippen molar-refractivity contribution in [3.63, 3.8) is 0 Å². The first kappa shape index (κ1) is 10.7. The highest BCUT2D eigenvalue weighted by Gasteiger charge is 2.08. The molecule has 0 saturated carbocycles. The summed E-state index contributed by atoms with van der Waals surface area (Å²) in [7, 11) is 0. The van der Waals surface area contributed by atoms with Crippen molar-refractivity contribution in [3.8, 4) is 11.8 Å². The summed E-state index contributed by atoms with van der Waals surface area (Å²) in [6.45, 7) is 7.28. The highest BCUT2D eigenvalue weighted by Crippen LogP contribution is 2.04. The van der Waals surface area contributed by atoms with Crippen LogP contribution in [0.25, 0.3) is 0 Å². The molecule has 14 heavy (non-hydrogen) atoms. The Morgan fingerprint density at radius 2 is 2.14 bits per heavy atom. The van der Waals surface area contributed by atoms with Crippen molar-refractivity contribution in [1.29, 1.82) is 0 Å². The summed E-state index contributed by atoms with van der Waals surface area (Å²) in [4.78, 5) is 4.01. The summed E-state index contributed by atoms with van der Waals surface area (Å²) >= 11 is 0. The molecule has 0 aliphatic rings. The van der Waals surface area contributed by atoms with Crippen molar-refractivity contribution in [2.45, 2.75) is 39.3 Å². The van der Waals surface area contributed by atoms with Crippen molar-refractivity contribution in [2.24, 2.45) is 0 Å². The molecule has 0 aliphatic heterocycles. The minimum Gasteiger partial charge on any atom is -0.378 e. The molecule has 0 atom stereocenters. The lowest BCUT2D eigenvalue weighted by atomic mass is 10.1. The molecule has 0 spiro atoms. The lowest BCUT2D eigenvalue weighted by molar-refractivity contribution is 0.143. The molecule has 1 heterocycles. The molecule has 1 N–H and O–H groups in total. The van der Waals surface area contributed by atoms with Crippen LogP contribution in [0.1, 0.15) is 39.6 Å². The monoisotopic (exact) mass is 193 g/mol. The number of hydrogen-bond acceptors (Lipinski definition) is 3. The minimum absolute atomic E-state index is 0.226. The van der Waals surface area contributed by atoms with E-state index in [9.17, 15) is 5.11 Å². The summed E-state index contributed by atoms with van der Waals surface area (Å²) in [5.74, 6) is 6.09. The Morgan fingerprint density at radius 1 is 1.50 bits per heavy atom. The summed E-state index contributed by atoms with van der Waals surface area (Å²) in [6, 6.07) is 0.226. The van der Waals surface area contributed by atoms with Gasteiger partial charge < -0.3 is 5.11 Å². The molecule has 0 saturated heterocycles. The largest absolute Gasteiger partial charge is 0.378 e. The van der Waals surface area contributed by atoms with Gasteiger partial charge in [-0.05, 0) is 33.6 Å². The topological polar surface area (TPSA) is 50.9 Å². The predicted octanol–water partition coefficient (Wildman–Crippen LogP) is 0.981. The van der Waals surface area contributed by atoms with Gasteiger partial charge in [-0.3, -0.25) is 0 Å². The summed E-state index contributed by atoms with van der Waals surface area (Å²) in [6.07, 6.45) is 1.47. The van der Waals surface area contributed by atoms with Gasteiger partial charge in [0.2, 0.25) is 5.82 Å². The fourth-order valence-electron chi connectivity index (χ4n) is 0.926. The van der Waals surface area contributed by atoms with Gasteiger partial charge in [0.1, 0.15) is 11.9 Å². The van der Waals surface area contributed by atoms with Crippen LogP contribution < -0.4 is 0 Å². The lowest BCUT2D eigenvalue weighted by Crippen LogP contribution is -2.15. The zero-order valence-electron chi connectivity index (χ0n) is 8.94. The number of hydrogen-bond donors (Lipinski definition) is 1. The van der Waals surface area contributed by atoms with E-state index in [1.165, 1.54) is 6.33 Å². The molecule has 1 rings (SSSR count). The second-order valence-electron chi connectivity index (χ2n) is 3.93. The number of rotatable bonds is 1. The Labute approximate surface area is 84.0 Å². The van der Waals surface area contributed by atoms with Gasteiger partial charge in [0.05, 0.1) is 0 Å². The summed E-state index contributed by atoms with van der Waals surface area (Å²) in [5, 5.41) is 13.5. The Morgan fingerprint density at radius 3 is 2.64 bits per heavy atom. The maximum atomic E-state index is 9.41. The molecule has 76 valence electrons. The third-order valence-electron chi connectivity index (χ3n) is 1.54. The summed E-state index contributed by atoms with van der Waals surface area (Å²) in [5.41, 5.74) is -0.992. The predicted molar refractivity (Wildman–Crippen MR) is 53.6 cm³/mol. The average Bonchev–Trinajstić information content (AvgIpc) is 2.46. The summed E-state index contributed by atoms with van der Waals surface area (Å²) < 4.78 is 1.72. The van der Waals surface area contributed by atoms with Gasteiger partial charge >= 0.3 is 0 Å². The van der Waals surface area contributed by atoms with E-state index in [4.69, 9.17) is 0 Å². The van der Waals surface area contributed by atoms with Crippen LogP contribution >= 0.6 is 0 Å². The van der Waals surface area contributed by atoms with E-state index in [0.717, 1.165) is 0 Å². The van der Waals surface area contributed by atoms with E-state index in [1.54, 1.807) is 18.5 Å². The van der Waals surface area contributed by atoms with E-state index in [-0.39, 0.29) is 6.04 Å². The Kier molecular flexibility index (Phi) is 2.92. The molecule has 0 bridgehead atoms. The van der Waals surface area contributed by atoms with Gasteiger partial charge in [-0.1, -0.05) is 5.92 Å². The van der Waals surface area contributed by atoms with Crippen molar-refractivity contribution in [3.05, 3.63) is 12.2 Å². The molecular weight excluding hydrogens is 178 g/mol. The average molecular weight is 193 g/mol. The van der Waals surface area contributed by atoms with Crippen LogP contribution in [-0.4, -0.2) is 25.5 Å². The lowest BCUT2D eigenvalue weighted by Gasteiger charge is -2.07. The maximum absolute atomic E-state index is 9.41. The van der Waals surface area contributed by atoms with E-state index in [0.29, 0.717) is 5.82 Å². The molecule has 0 fully saturated rings. The Balaban J connectivity index is 2.96. The minimum atomic E-state index is -0.992. The van der Waals surface area contributed by atoms with Crippen LogP contribution in [0.4, 0.5) is 0 Å². The quantitative estimate of drug-likeness (QED) is 0.676. The second-order valence-corrected chi connectivity index (χ2v) is 3.93. The van der Waals surface area contributed by atoms with Gasteiger partial charge in [0.15, 0.2) is 0 Å². The molecule has 1 aromatic rings. The second kappa shape index (κ2) is 3.81. The van der Waals surface area contributed by atoms with Crippen LogP contribution in [-0.2, 0) is 0 Å². The first-order chi connectivity index (χ1) is 6.40. The molecule has 0 radical (unpaired) electrons. The van der Waals surface area contributed by atoms with Gasteiger partial charge in [-0.25, -0.2) is 9.67 Å². The molecule has 0 aromatic carbocycles. The Bertz CT molecular complexity index is 363. The fraction of sp³-hybridized carbons (Fsp3) is 0.600. The van der Waals surface area contributed by atoms with Crippen molar-refractivity contribution in [1.82, 2.24) is 14.8 Å². The number of nitrogens with zero attached hydrogens (tertiary/aromatic N) is 3. The first-order valence-electron chi connectivity index (χ1n) is 4.55. The Hall–Kier alpha value is -1.34. The fourth-order valence-corrected chi connectivity index (χ4v) is 0.926. The third-order valence-corrected chi connectivity index (χ3v) is 1.54. The first-order valence-corrected chi connectivity index (χ1v) is 4.55. The van der Waals surface area contributed by atoms with E-state index in [2.05, 4.69) is 21.9 Å². The highest BCUT2D eigenvalue weighted by atomic mass is 16.3. The number of aromatic nitrogens is 3. The van der Waals surface area contributed by atoms with Crippen LogP contribution in [0.2, 0.25) is 0 Å². The molecular formula is C10H15N3O. The van der Waals surface area contributed by atoms with Crippen LogP contribution in [0, 0.1) is 11.8 Å². The van der Waals surface area contributed by atoms with Crippen molar-refractivity contribution < 1.29 is 5.11 Å². The molecule has 4 heteroatoms. The van der Waals surface area contributed by atoms with Crippen molar-refractivity contribution in [2.75, 3.05) is 0 Å². The maximum Gasteiger partial charge on any atom is 0.203 e. The van der Waals surface area contributed by atoms with Gasteiger partial charge in [0, 0.05) is 6.04 Å². The van der Waals surface area contributed by atoms with Gasteiger partial charge in [-0.2, -0.15) is 5.10 Å². The van der Waals surface area contributed by atoms with Gasteiger partial charge in [0.25, 0.3) is 0 Å². The zero-order valence-corrected chi connectivity index (χ0v) is 8.94. The van der Waals surface area contributed by atoms with E-state index in [1.807, 2.05) is 13.8 Å². The standard InChI is InChI=1S/C10H15N3O/c1-8(2)13-9(11-7-12-13)5-6-10(3,4)14/h7-8,14H,1-4H3. The van der Waals surface area contributed by atoms with Gasteiger partial charge in [-0.15, -0.1) is 0 Å². The third kappa shape index (κ3) is 2.86. The zero-order chi connectivity index (χ0) is 10.8. The highest BCUT2D eigenvalue weighted by molar-refractivity contribution is 5.24. The van der Waals surface area contributed by atoms with Crippen LogP contribution in [0.15, 0.2) is 6.33 Å². The SMILES string of the molecule is CC(C)n1ncnc1C#CC(C)(C)O. The van der Waals surface area contributed by atoms with Crippen molar-refractivity contribution >= 4 is 0 Å². The molecule has 4 nitrogen and oxygen atoms in total. The molecule has 0 amide bonds. The smallest absolute Gasteiger partial charge is 0.203 e. The number of aliphatic hydroxyl groups is 1. The molecule has 0 unspecified atom stereocenters. The van der Waals surface area contributed by atoms with E-state index >= 15 is 0 Å². The van der Waals surface area contributed by atoms with Crippen LogP contribution in [0.3, 0.4) is 0 Å².